The third kappa shape index (κ3) is 6.85. The van der Waals surface area contributed by atoms with Gasteiger partial charge in [0.1, 0.15) is 12.4 Å². The number of ether oxygens (including phenoxy) is 1. The molecule has 6 rings (SSSR count). The summed E-state index contributed by atoms with van der Waals surface area (Å²) in [4.78, 5) is 44.2. The normalized spacial score (nSPS) is 14.5. The van der Waals surface area contributed by atoms with Gasteiger partial charge in [0, 0.05) is 5.69 Å². The number of para-hydroxylation sites is 1. The van der Waals surface area contributed by atoms with Gasteiger partial charge in [-0.05, 0) is 77.6 Å². The second kappa shape index (κ2) is 13.4. The first kappa shape index (κ1) is 31.4. The first-order valence-corrected chi connectivity index (χ1v) is 16.0. The van der Waals surface area contributed by atoms with Crippen molar-refractivity contribution in [2.24, 2.45) is 4.99 Å². The van der Waals surface area contributed by atoms with Gasteiger partial charge in [0.15, 0.2) is 4.80 Å². The maximum absolute atomic E-state index is 14.1. The molecule has 2 N–H and O–H groups in total. The highest BCUT2D eigenvalue weighted by atomic mass is 32.1. The van der Waals surface area contributed by atoms with E-state index in [4.69, 9.17) is 14.8 Å². The zero-order valence-corrected chi connectivity index (χ0v) is 27.0. The molecule has 0 aliphatic carbocycles. The van der Waals surface area contributed by atoms with Crippen molar-refractivity contribution in [2.45, 2.75) is 39.3 Å². The standard InChI is InChI=1S/C38H33N3O5S/c1-23(2)27-15-17-28(18-16-27)34-33(35(42)40-30-7-5-4-6-8-30)24(3)39-38-41(34)36(43)32(47-38)21-25-11-19-31(20-12-25)46-22-26-9-13-29(14-10-26)37(44)45/h4-21,23,34H,22H2,1-3H3,(H,40,42)(H,44,45)/b32-21+/t34-/m1/s1. The molecule has 0 fully saturated rings. The summed E-state index contributed by atoms with van der Waals surface area (Å²) in [6.45, 7) is 6.35. The number of hydrogen-bond donors (Lipinski definition) is 2. The molecule has 1 aliphatic rings. The van der Waals surface area contributed by atoms with Crippen LogP contribution >= 0.6 is 11.3 Å². The molecule has 8 nitrogen and oxygen atoms in total. The molecule has 2 heterocycles. The molecule has 47 heavy (non-hydrogen) atoms. The Bertz CT molecular complexity index is 2150. The van der Waals surface area contributed by atoms with E-state index in [9.17, 15) is 14.4 Å². The van der Waals surface area contributed by atoms with Gasteiger partial charge >= 0.3 is 5.97 Å². The van der Waals surface area contributed by atoms with Crippen LogP contribution in [-0.4, -0.2) is 21.6 Å². The largest absolute Gasteiger partial charge is 0.489 e. The fraction of sp³-hybridized carbons (Fsp3) is 0.158. The summed E-state index contributed by atoms with van der Waals surface area (Å²) in [7, 11) is 0. The number of fused-ring (bicyclic) bond motifs is 1. The molecule has 1 aliphatic heterocycles. The Hall–Kier alpha value is -5.54. The number of amides is 1. The monoisotopic (exact) mass is 643 g/mol. The number of carbonyl (C=O) groups is 2. The lowest BCUT2D eigenvalue weighted by molar-refractivity contribution is -0.113. The lowest BCUT2D eigenvalue weighted by Gasteiger charge is -2.25. The van der Waals surface area contributed by atoms with Crippen molar-refractivity contribution in [3.63, 3.8) is 0 Å². The number of benzene rings is 4. The molecule has 1 atom stereocenters. The summed E-state index contributed by atoms with van der Waals surface area (Å²) in [5.41, 5.74) is 5.29. The lowest BCUT2D eigenvalue weighted by atomic mass is 9.93. The van der Waals surface area contributed by atoms with Crippen LogP contribution in [0.1, 0.15) is 65.3 Å². The number of allylic oxidation sites excluding steroid dienone is 1. The van der Waals surface area contributed by atoms with Crippen molar-refractivity contribution in [1.82, 2.24) is 4.57 Å². The van der Waals surface area contributed by atoms with Gasteiger partial charge in [0.25, 0.3) is 11.5 Å². The predicted octanol–water partition coefficient (Wildman–Crippen LogP) is 6.27. The van der Waals surface area contributed by atoms with Crippen LogP contribution in [0, 0.1) is 0 Å². The van der Waals surface area contributed by atoms with Crippen LogP contribution in [0.5, 0.6) is 5.75 Å². The first-order chi connectivity index (χ1) is 22.7. The summed E-state index contributed by atoms with van der Waals surface area (Å²) < 4.78 is 8.00. The van der Waals surface area contributed by atoms with Crippen LogP contribution in [0.4, 0.5) is 5.69 Å². The summed E-state index contributed by atoms with van der Waals surface area (Å²) >= 11 is 1.29. The summed E-state index contributed by atoms with van der Waals surface area (Å²) in [6, 6.07) is 30.6. The number of carboxylic acid groups (broad SMARTS) is 1. The minimum Gasteiger partial charge on any atom is -0.489 e. The summed E-state index contributed by atoms with van der Waals surface area (Å²) in [5.74, 6) is -0.301. The predicted molar refractivity (Wildman–Crippen MR) is 184 cm³/mol. The molecule has 236 valence electrons. The smallest absolute Gasteiger partial charge is 0.335 e. The molecule has 0 radical (unpaired) electrons. The van der Waals surface area contributed by atoms with Gasteiger partial charge < -0.3 is 15.2 Å². The van der Waals surface area contributed by atoms with Crippen molar-refractivity contribution in [1.29, 1.82) is 0 Å². The van der Waals surface area contributed by atoms with Crippen LogP contribution in [0.3, 0.4) is 0 Å². The zero-order valence-electron chi connectivity index (χ0n) is 26.1. The zero-order chi connectivity index (χ0) is 33.1. The van der Waals surface area contributed by atoms with E-state index in [-0.39, 0.29) is 23.6 Å². The van der Waals surface area contributed by atoms with E-state index < -0.39 is 12.0 Å². The Morgan fingerprint density at radius 3 is 2.28 bits per heavy atom. The van der Waals surface area contributed by atoms with E-state index in [1.54, 1.807) is 28.8 Å². The summed E-state index contributed by atoms with van der Waals surface area (Å²) in [5, 5.41) is 12.1. The van der Waals surface area contributed by atoms with Crippen LogP contribution in [0.2, 0.25) is 0 Å². The highest BCUT2D eigenvalue weighted by Crippen LogP contribution is 2.31. The van der Waals surface area contributed by atoms with Gasteiger partial charge in [0.05, 0.1) is 27.4 Å². The van der Waals surface area contributed by atoms with Crippen LogP contribution < -0.4 is 24.9 Å². The van der Waals surface area contributed by atoms with Crippen molar-refractivity contribution < 1.29 is 19.4 Å². The molecule has 0 spiro atoms. The average molecular weight is 644 g/mol. The number of carboxylic acids is 1. The molecule has 9 heteroatoms. The molecule has 0 bridgehead atoms. The first-order valence-electron chi connectivity index (χ1n) is 15.2. The number of rotatable bonds is 9. The van der Waals surface area contributed by atoms with E-state index in [2.05, 4.69) is 19.2 Å². The van der Waals surface area contributed by atoms with E-state index in [1.807, 2.05) is 91.9 Å². The lowest BCUT2D eigenvalue weighted by Crippen LogP contribution is -2.40. The van der Waals surface area contributed by atoms with Gasteiger partial charge in [-0.15, -0.1) is 0 Å². The van der Waals surface area contributed by atoms with Crippen LogP contribution in [0.25, 0.3) is 6.08 Å². The van der Waals surface area contributed by atoms with E-state index >= 15 is 0 Å². The van der Waals surface area contributed by atoms with Gasteiger partial charge in [-0.2, -0.15) is 0 Å². The molecule has 0 saturated heterocycles. The molecule has 1 aromatic heterocycles. The number of hydrogen-bond acceptors (Lipinski definition) is 6. The quantitative estimate of drug-likeness (QED) is 0.197. The number of aromatic carboxylic acids is 1. The Morgan fingerprint density at radius 2 is 1.64 bits per heavy atom. The molecule has 0 unspecified atom stereocenters. The second-order valence-corrected chi connectivity index (χ2v) is 12.6. The number of anilines is 1. The number of carbonyl (C=O) groups excluding carboxylic acids is 1. The SMILES string of the molecule is CC1=C(C(=O)Nc2ccccc2)[C@@H](c2ccc(C(C)C)cc2)n2c(s/c(=C/c3ccc(OCc4ccc(C(=O)O)cc4)cc3)c2=O)=N1. The third-order valence-electron chi connectivity index (χ3n) is 8.00. The number of aromatic nitrogens is 1. The minimum absolute atomic E-state index is 0.223. The number of nitrogens with zero attached hydrogens (tertiary/aromatic N) is 2. The Morgan fingerprint density at radius 1 is 0.957 bits per heavy atom. The fourth-order valence-corrected chi connectivity index (χ4v) is 6.48. The second-order valence-electron chi connectivity index (χ2n) is 11.6. The van der Waals surface area contributed by atoms with Crippen molar-refractivity contribution in [2.75, 3.05) is 5.32 Å². The third-order valence-corrected chi connectivity index (χ3v) is 8.98. The molecular formula is C38H33N3O5S. The summed E-state index contributed by atoms with van der Waals surface area (Å²) in [6.07, 6.45) is 1.82. The maximum atomic E-state index is 14.1. The minimum atomic E-state index is -0.972. The number of thiazole rings is 1. The van der Waals surface area contributed by atoms with Crippen molar-refractivity contribution in [3.8, 4) is 5.75 Å². The Kier molecular flexibility index (Phi) is 8.99. The molecular weight excluding hydrogens is 611 g/mol. The average Bonchev–Trinajstić information content (AvgIpc) is 3.37. The molecule has 5 aromatic rings. The van der Waals surface area contributed by atoms with E-state index in [0.29, 0.717) is 38.0 Å². The highest BCUT2D eigenvalue weighted by Gasteiger charge is 2.32. The van der Waals surface area contributed by atoms with Crippen LogP contribution in [-0.2, 0) is 11.4 Å². The van der Waals surface area contributed by atoms with Gasteiger partial charge in [0.2, 0.25) is 0 Å². The topological polar surface area (TPSA) is 110 Å². The Labute approximate surface area is 275 Å². The van der Waals surface area contributed by atoms with Crippen molar-refractivity contribution >= 4 is 35.0 Å². The van der Waals surface area contributed by atoms with Gasteiger partial charge in [-0.3, -0.25) is 14.2 Å². The van der Waals surface area contributed by atoms with Crippen LogP contribution in [0.15, 0.2) is 124 Å². The van der Waals surface area contributed by atoms with E-state index in [0.717, 1.165) is 16.7 Å². The molecule has 1 amide bonds. The maximum Gasteiger partial charge on any atom is 0.335 e. The molecule has 4 aromatic carbocycles. The highest BCUT2D eigenvalue weighted by molar-refractivity contribution is 7.07. The van der Waals surface area contributed by atoms with Gasteiger partial charge in [-0.1, -0.05) is 91.9 Å². The fourth-order valence-electron chi connectivity index (χ4n) is 5.43. The Balaban J connectivity index is 1.31. The molecule has 0 saturated carbocycles. The van der Waals surface area contributed by atoms with Crippen molar-refractivity contribution in [3.05, 3.63) is 162 Å². The van der Waals surface area contributed by atoms with Gasteiger partial charge in [-0.25, -0.2) is 9.79 Å². The van der Waals surface area contributed by atoms with E-state index in [1.165, 1.54) is 16.9 Å². The number of nitrogens with one attached hydrogen (secondary N) is 1.